The summed E-state index contributed by atoms with van der Waals surface area (Å²) in [4.78, 5) is 11.6. The molecule has 1 unspecified atom stereocenters. The normalized spacial score (nSPS) is 12.0. The smallest absolute Gasteiger partial charge is 0.257 e. The van der Waals surface area contributed by atoms with E-state index < -0.39 is 6.10 Å². The van der Waals surface area contributed by atoms with Gasteiger partial charge in [-0.1, -0.05) is 18.2 Å². The van der Waals surface area contributed by atoms with Gasteiger partial charge in [0.2, 0.25) is 0 Å². The summed E-state index contributed by atoms with van der Waals surface area (Å²) in [5.74, 6) is 0.555. The number of para-hydroxylation sites is 1. The van der Waals surface area contributed by atoms with Crippen LogP contribution in [0.4, 0.5) is 0 Å². The van der Waals surface area contributed by atoms with Gasteiger partial charge in [-0.3, -0.25) is 4.79 Å². The van der Waals surface area contributed by atoms with Crippen LogP contribution in [0.2, 0.25) is 0 Å². The highest BCUT2D eigenvalue weighted by Crippen LogP contribution is 2.21. The molecule has 0 saturated carbocycles. The van der Waals surface area contributed by atoms with Crippen LogP contribution in [0, 0.1) is 13.8 Å². The first-order valence-corrected chi connectivity index (χ1v) is 6.67. The Kier molecular flexibility index (Phi) is 7.04. The van der Waals surface area contributed by atoms with Gasteiger partial charge in [0.1, 0.15) is 5.75 Å². The molecule has 1 rings (SSSR count). The molecule has 20 heavy (non-hydrogen) atoms. The van der Waals surface area contributed by atoms with Crippen molar-refractivity contribution < 1.29 is 19.4 Å². The van der Waals surface area contributed by atoms with Gasteiger partial charge in [0, 0.05) is 13.7 Å². The first kappa shape index (κ1) is 16.5. The topological polar surface area (TPSA) is 67.8 Å². The van der Waals surface area contributed by atoms with Gasteiger partial charge in [-0.2, -0.15) is 0 Å². The summed E-state index contributed by atoms with van der Waals surface area (Å²) in [6, 6.07) is 5.84. The van der Waals surface area contributed by atoms with Crippen molar-refractivity contribution in [1.82, 2.24) is 5.32 Å². The number of aliphatic hydroxyl groups excluding tert-OH is 1. The molecule has 1 amide bonds. The fraction of sp³-hybridized carbons (Fsp3) is 0.533. The fourth-order valence-electron chi connectivity index (χ4n) is 1.87. The molecule has 1 aromatic carbocycles. The first-order valence-electron chi connectivity index (χ1n) is 6.67. The van der Waals surface area contributed by atoms with E-state index in [-0.39, 0.29) is 19.1 Å². The number of rotatable bonds is 8. The molecule has 0 spiro atoms. The summed E-state index contributed by atoms with van der Waals surface area (Å²) < 4.78 is 10.3. The highest BCUT2D eigenvalue weighted by Gasteiger charge is 2.08. The van der Waals surface area contributed by atoms with Gasteiger partial charge in [-0.25, -0.2) is 0 Å². The average molecular weight is 281 g/mol. The average Bonchev–Trinajstić information content (AvgIpc) is 2.38. The van der Waals surface area contributed by atoms with Crippen molar-refractivity contribution in [3.63, 3.8) is 0 Å². The molecule has 0 fully saturated rings. The molecule has 5 nitrogen and oxygen atoms in total. The van der Waals surface area contributed by atoms with Gasteiger partial charge in [0.05, 0.1) is 12.7 Å². The lowest BCUT2D eigenvalue weighted by Crippen LogP contribution is -2.32. The number of carbonyl (C=O) groups is 1. The van der Waals surface area contributed by atoms with Crippen molar-refractivity contribution in [3.05, 3.63) is 29.3 Å². The maximum absolute atomic E-state index is 11.6. The Hall–Kier alpha value is -1.59. The van der Waals surface area contributed by atoms with Crippen LogP contribution in [0.3, 0.4) is 0 Å². The van der Waals surface area contributed by atoms with Crippen LogP contribution < -0.4 is 10.1 Å². The second-order valence-corrected chi connectivity index (χ2v) is 4.76. The van der Waals surface area contributed by atoms with Crippen LogP contribution in [0.15, 0.2) is 18.2 Å². The second kappa shape index (κ2) is 8.55. The molecule has 2 N–H and O–H groups in total. The van der Waals surface area contributed by atoms with Crippen molar-refractivity contribution in [2.24, 2.45) is 0 Å². The zero-order chi connectivity index (χ0) is 15.0. The SMILES string of the molecule is COCC(O)CCNC(=O)COc1c(C)cccc1C. The largest absolute Gasteiger partial charge is 0.483 e. The zero-order valence-corrected chi connectivity index (χ0v) is 12.3. The number of amides is 1. The van der Waals surface area contributed by atoms with Gasteiger partial charge >= 0.3 is 0 Å². The van der Waals surface area contributed by atoms with E-state index in [9.17, 15) is 9.90 Å². The van der Waals surface area contributed by atoms with Crippen LogP contribution in [-0.2, 0) is 9.53 Å². The molecule has 0 aliphatic carbocycles. The highest BCUT2D eigenvalue weighted by molar-refractivity contribution is 5.77. The van der Waals surface area contributed by atoms with Crippen molar-refractivity contribution in [2.45, 2.75) is 26.4 Å². The molecule has 0 radical (unpaired) electrons. The first-order chi connectivity index (χ1) is 9.54. The number of aliphatic hydroxyl groups is 1. The lowest BCUT2D eigenvalue weighted by atomic mass is 10.1. The molecule has 5 heteroatoms. The molecule has 1 aromatic rings. The van der Waals surface area contributed by atoms with Crippen LogP contribution in [0.1, 0.15) is 17.5 Å². The molecular weight excluding hydrogens is 258 g/mol. The van der Waals surface area contributed by atoms with Crippen LogP contribution in [0.5, 0.6) is 5.75 Å². The summed E-state index contributed by atoms with van der Waals surface area (Å²) in [6.07, 6.45) is -0.0944. The van der Waals surface area contributed by atoms with E-state index in [2.05, 4.69) is 5.32 Å². The summed E-state index contributed by atoms with van der Waals surface area (Å²) in [7, 11) is 1.53. The molecule has 0 aromatic heterocycles. The second-order valence-electron chi connectivity index (χ2n) is 4.76. The Morgan fingerprint density at radius 2 is 2.00 bits per heavy atom. The van der Waals surface area contributed by atoms with Gasteiger partial charge in [-0.05, 0) is 31.4 Å². The van der Waals surface area contributed by atoms with Gasteiger partial charge in [0.25, 0.3) is 5.91 Å². The summed E-state index contributed by atoms with van der Waals surface area (Å²) >= 11 is 0. The van der Waals surface area contributed by atoms with Crippen LogP contribution >= 0.6 is 0 Å². The van der Waals surface area contributed by atoms with Crippen LogP contribution in [-0.4, -0.2) is 44.0 Å². The third-order valence-corrected chi connectivity index (χ3v) is 2.92. The number of methoxy groups -OCH3 is 1. The van der Waals surface area contributed by atoms with Gasteiger partial charge in [-0.15, -0.1) is 0 Å². The molecule has 0 aliphatic rings. The maximum atomic E-state index is 11.6. The molecular formula is C15H23NO4. The van der Waals surface area contributed by atoms with Gasteiger partial charge in [0.15, 0.2) is 6.61 Å². The predicted molar refractivity (Wildman–Crippen MR) is 76.9 cm³/mol. The van der Waals surface area contributed by atoms with Gasteiger partial charge < -0.3 is 19.9 Å². The lowest BCUT2D eigenvalue weighted by molar-refractivity contribution is -0.123. The van der Waals surface area contributed by atoms with Crippen molar-refractivity contribution in [3.8, 4) is 5.75 Å². The maximum Gasteiger partial charge on any atom is 0.257 e. The number of benzene rings is 1. The van der Waals surface area contributed by atoms with Crippen LogP contribution in [0.25, 0.3) is 0 Å². The summed E-state index contributed by atoms with van der Waals surface area (Å²) in [5.41, 5.74) is 2.02. The monoisotopic (exact) mass is 281 g/mol. The standard InChI is InChI=1S/C15H23NO4/c1-11-5-4-6-12(2)15(11)20-10-14(18)16-8-7-13(17)9-19-3/h4-6,13,17H,7-10H2,1-3H3,(H,16,18). The quantitative estimate of drug-likeness (QED) is 0.751. The van der Waals surface area contributed by atoms with Crippen molar-refractivity contribution >= 4 is 5.91 Å². The fourth-order valence-corrected chi connectivity index (χ4v) is 1.87. The van der Waals surface area contributed by atoms with E-state index in [0.717, 1.165) is 16.9 Å². The summed E-state index contributed by atoms with van der Waals surface area (Å²) in [6.45, 7) is 4.54. The van der Waals surface area contributed by atoms with E-state index in [1.54, 1.807) is 0 Å². The van der Waals surface area contributed by atoms with Crippen molar-refractivity contribution in [1.29, 1.82) is 0 Å². The van der Waals surface area contributed by atoms with E-state index >= 15 is 0 Å². The molecule has 0 saturated heterocycles. The predicted octanol–water partition coefficient (Wildman–Crippen LogP) is 1.20. The lowest BCUT2D eigenvalue weighted by Gasteiger charge is -2.13. The molecule has 0 aliphatic heterocycles. The number of hydrogen-bond donors (Lipinski definition) is 2. The number of nitrogens with one attached hydrogen (secondary N) is 1. The minimum atomic E-state index is -0.556. The Balaban J connectivity index is 2.30. The Morgan fingerprint density at radius 1 is 1.35 bits per heavy atom. The van der Waals surface area contributed by atoms with E-state index in [1.165, 1.54) is 7.11 Å². The minimum Gasteiger partial charge on any atom is -0.483 e. The van der Waals surface area contributed by atoms with Crippen molar-refractivity contribution in [2.75, 3.05) is 26.9 Å². The highest BCUT2D eigenvalue weighted by atomic mass is 16.5. The number of aryl methyl sites for hydroxylation is 2. The zero-order valence-electron chi connectivity index (χ0n) is 12.3. The third kappa shape index (κ3) is 5.59. The molecule has 0 heterocycles. The number of hydrogen-bond acceptors (Lipinski definition) is 4. The van der Waals surface area contributed by atoms with E-state index in [1.807, 2.05) is 32.0 Å². The Bertz CT molecular complexity index is 414. The summed E-state index contributed by atoms with van der Waals surface area (Å²) in [5, 5.41) is 12.1. The molecule has 1 atom stereocenters. The molecule has 0 bridgehead atoms. The Morgan fingerprint density at radius 3 is 2.60 bits per heavy atom. The van der Waals surface area contributed by atoms with E-state index in [4.69, 9.17) is 9.47 Å². The Labute approximate surface area is 119 Å². The minimum absolute atomic E-state index is 0.0218. The number of ether oxygens (including phenoxy) is 2. The van der Waals surface area contributed by atoms with E-state index in [0.29, 0.717) is 13.0 Å². The third-order valence-electron chi connectivity index (χ3n) is 2.92. The molecule has 112 valence electrons. The number of carbonyl (C=O) groups excluding carboxylic acids is 1.